The summed E-state index contributed by atoms with van der Waals surface area (Å²) >= 11 is 0. The molecular formula is C25H28N2O3. The highest BCUT2D eigenvalue weighted by Crippen LogP contribution is 2.54. The van der Waals surface area contributed by atoms with Crippen molar-refractivity contribution in [3.05, 3.63) is 59.2 Å². The van der Waals surface area contributed by atoms with E-state index in [4.69, 9.17) is 4.74 Å². The highest BCUT2D eigenvalue weighted by molar-refractivity contribution is 6.09. The Labute approximate surface area is 177 Å². The van der Waals surface area contributed by atoms with E-state index in [0.29, 0.717) is 0 Å². The first-order chi connectivity index (χ1) is 14.5. The van der Waals surface area contributed by atoms with E-state index in [1.807, 2.05) is 56.3 Å². The molecule has 2 heterocycles. The van der Waals surface area contributed by atoms with E-state index < -0.39 is 11.6 Å². The highest BCUT2D eigenvalue weighted by atomic mass is 16.5. The van der Waals surface area contributed by atoms with Crippen molar-refractivity contribution in [1.82, 2.24) is 5.32 Å². The van der Waals surface area contributed by atoms with Crippen LogP contribution >= 0.6 is 0 Å². The van der Waals surface area contributed by atoms with Crippen LogP contribution in [0.1, 0.15) is 48.3 Å². The number of hydrogen-bond acceptors (Lipinski definition) is 4. The van der Waals surface area contributed by atoms with E-state index in [0.717, 1.165) is 53.8 Å². The predicted molar refractivity (Wildman–Crippen MR) is 116 cm³/mol. The molecule has 156 valence electrons. The number of ketones is 1. The van der Waals surface area contributed by atoms with E-state index in [2.05, 4.69) is 10.6 Å². The molecule has 5 heteroatoms. The van der Waals surface area contributed by atoms with Gasteiger partial charge >= 0.3 is 0 Å². The lowest BCUT2D eigenvalue weighted by atomic mass is 9.65. The summed E-state index contributed by atoms with van der Waals surface area (Å²) < 4.78 is 6.51. The van der Waals surface area contributed by atoms with Crippen molar-refractivity contribution < 1.29 is 14.3 Å². The van der Waals surface area contributed by atoms with Crippen molar-refractivity contribution in [3.63, 3.8) is 0 Å². The van der Waals surface area contributed by atoms with Crippen molar-refractivity contribution in [2.75, 3.05) is 11.9 Å². The van der Waals surface area contributed by atoms with Gasteiger partial charge in [0.25, 0.3) is 0 Å². The first-order valence-corrected chi connectivity index (χ1v) is 10.9. The molecule has 0 radical (unpaired) electrons. The Kier molecular flexibility index (Phi) is 4.66. The number of carbonyl (C=O) groups is 2. The van der Waals surface area contributed by atoms with Crippen LogP contribution in [-0.4, -0.2) is 24.0 Å². The number of para-hydroxylation sites is 1. The van der Waals surface area contributed by atoms with Crippen LogP contribution in [0.5, 0.6) is 5.75 Å². The van der Waals surface area contributed by atoms with E-state index >= 15 is 0 Å². The fourth-order valence-corrected chi connectivity index (χ4v) is 5.63. The summed E-state index contributed by atoms with van der Waals surface area (Å²) in [7, 11) is 0. The first kappa shape index (κ1) is 19.3. The van der Waals surface area contributed by atoms with Gasteiger partial charge in [0.15, 0.2) is 11.5 Å². The van der Waals surface area contributed by atoms with Gasteiger partial charge in [-0.25, -0.2) is 0 Å². The lowest BCUT2D eigenvalue weighted by Gasteiger charge is -2.50. The fraction of sp³-hybridized carbons (Fsp3) is 0.440. The molecule has 30 heavy (non-hydrogen) atoms. The summed E-state index contributed by atoms with van der Waals surface area (Å²) in [5.74, 6) is -0.278. The summed E-state index contributed by atoms with van der Waals surface area (Å²) in [6.45, 7) is 4.13. The second-order valence-electron chi connectivity index (χ2n) is 9.01. The van der Waals surface area contributed by atoms with Gasteiger partial charge in [0.2, 0.25) is 5.91 Å². The van der Waals surface area contributed by atoms with Gasteiger partial charge in [-0.05, 0) is 55.5 Å². The molecule has 1 aliphatic carbocycles. The Morgan fingerprint density at radius 3 is 2.87 bits per heavy atom. The molecule has 1 saturated heterocycles. The van der Waals surface area contributed by atoms with Crippen LogP contribution in [0.2, 0.25) is 0 Å². The minimum atomic E-state index is -0.729. The molecule has 0 aromatic heterocycles. The Morgan fingerprint density at radius 1 is 1.17 bits per heavy atom. The Balaban J connectivity index is 1.58. The minimum absolute atomic E-state index is 0.0584. The summed E-state index contributed by atoms with van der Waals surface area (Å²) in [6, 6.07) is 13.9. The lowest BCUT2D eigenvalue weighted by Crippen LogP contribution is -2.60. The maximum Gasteiger partial charge on any atom is 0.235 e. The number of carbonyl (C=O) groups excluding carboxylic acids is 2. The number of amides is 1. The number of anilines is 1. The van der Waals surface area contributed by atoms with Gasteiger partial charge in [-0.1, -0.05) is 36.8 Å². The number of benzene rings is 2. The molecule has 5 rings (SSSR count). The molecule has 2 N–H and O–H groups in total. The molecule has 2 bridgehead atoms. The van der Waals surface area contributed by atoms with Crippen LogP contribution < -0.4 is 15.4 Å². The molecule has 0 spiro atoms. The second kappa shape index (κ2) is 7.24. The van der Waals surface area contributed by atoms with E-state index in [-0.39, 0.29) is 30.1 Å². The van der Waals surface area contributed by atoms with Gasteiger partial charge in [0.1, 0.15) is 11.7 Å². The van der Waals surface area contributed by atoms with Crippen molar-refractivity contribution in [2.45, 2.75) is 51.2 Å². The largest absolute Gasteiger partial charge is 0.472 e. The van der Waals surface area contributed by atoms with Crippen molar-refractivity contribution in [2.24, 2.45) is 11.8 Å². The van der Waals surface area contributed by atoms with Crippen LogP contribution in [-0.2, 0) is 9.59 Å². The van der Waals surface area contributed by atoms with Crippen LogP contribution in [0.4, 0.5) is 5.69 Å². The molecular weight excluding hydrogens is 376 g/mol. The van der Waals surface area contributed by atoms with E-state index in [9.17, 15) is 9.59 Å². The van der Waals surface area contributed by atoms with Crippen molar-refractivity contribution >= 4 is 17.4 Å². The molecule has 4 atom stereocenters. The van der Waals surface area contributed by atoms with Crippen molar-refractivity contribution in [1.29, 1.82) is 0 Å². The zero-order valence-corrected chi connectivity index (χ0v) is 17.5. The number of aryl methyl sites for hydroxylation is 2. The van der Waals surface area contributed by atoms with Crippen LogP contribution in [0, 0.1) is 25.7 Å². The first-order valence-electron chi connectivity index (χ1n) is 10.9. The Bertz CT molecular complexity index is 1020. The monoisotopic (exact) mass is 404 g/mol. The second-order valence-corrected chi connectivity index (χ2v) is 9.01. The smallest absolute Gasteiger partial charge is 0.235 e. The standard InChI is InChI=1S/C25H28N2O3/c1-15-10-11-16(2)19(13-15)27-24(29)23-20(28)14-26-25-12-6-5-8-18(25)22(23)17-7-3-4-9-21(17)30-25/h3-4,7,9-11,13,18,22-23,26H,5-6,8,12,14H2,1-2H3,(H,27,29)/t18-,22-,23-,25-/m1/s1. The number of fused-ring (bicyclic) bond motifs is 2. The third-order valence-corrected chi connectivity index (χ3v) is 7.12. The average Bonchev–Trinajstić information content (AvgIpc) is 2.83. The normalized spacial score (nSPS) is 29.8. The number of rotatable bonds is 2. The molecule has 1 amide bonds. The number of hydrogen-bond donors (Lipinski definition) is 2. The average molecular weight is 405 g/mol. The lowest BCUT2D eigenvalue weighted by molar-refractivity contribution is -0.132. The van der Waals surface area contributed by atoms with Gasteiger partial charge in [-0.3, -0.25) is 14.9 Å². The van der Waals surface area contributed by atoms with Crippen LogP contribution in [0.3, 0.4) is 0 Å². The SMILES string of the molecule is Cc1ccc(C)c(NC(=O)[C@@H]2C(=O)CN[C@@]34CCCC[C@@H]3[C@H]2c2ccccc2O4)c1. The molecule has 3 aliphatic rings. The maximum atomic E-state index is 13.6. The minimum Gasteiger partial charge on any atom is -0.472 e. The van der Waals surface area contributed by atoms with Gasteiger partial charge in [-0.15, -0.1) is 0 Å². The molecule has 2 aromatic rings. The van der Waals surface area contributed by atoms with Gasteiger partial charge in [0.05, 0.1) is 6.54 Å². The van der Waals surface area contributed by atoms with Crippen molar-refractivity contribution in [3.8, 4) is 5.75 Å². The zero-order chi connectivity index (χ0) is 20.9. The molecule has 0 unspecified atom stereocenters. The van der Waals surface area contributed by atoms with Gasteiger partial charge in [0, 0.05) is 23.9 Å². The zero-order valence-electron chi connectivity index (χ0n) is 17.5. The summed E-state index contributed by atoms with van der Waals surface area (Å²) in [6.07, 6.45) is 3.97. The third kappa shape index (κ3) is 3.03. The number of Topliss-reactive ketones (excluding diaryl/α,β-unsaturated/α-hetero) is 1. The van der Waals surface area contributed by atoms with E-state index in [1.165, 1.54) is 0 Å². The Hall–Kier alpha value is -2.66. The highest BCUT2D eigenvalue weighted by Gasteiger charge is 2.57. The molecule has 5 nitrogen and oxygen atoms in total. The predicted octanol–water partition coefficient (Wildman–Crippen LogP) is 4.09. The molecule has 2 fully saturated rings. The quantitative estimate of drug-likeness (QED) is 0.740. The van der Waals surface area contributed by atoms with E-state index in [1.54, 1.807) is 0 Å². The number of nitrogens with one attached hydrogen (secondary N) is 2. The van der Waals surface area contributed by atoms with Gasteiger partial charge in [-0.2, -0.15) is 0 Å². The van der Waals surface area contributed by atoms with Gasteiger partial charge < -0.3 is 10.1 Å². The summed E-state index contributed by atoms with van der Waals surface area (Å²) in [5.41, 5.74) is 3.28. The summed E-state index contributed by atoms with van der Waals surface area (Å²) in [4.78, 5) is 26.9. The Morgan fingerprint density at radius 2 is 2.00 bits per heavy atom. The third-order valence-electron chi connectivity index (χ3n) is 7.12. The summed E-state index contributed by atoms with van der Waals surface area (Å²) in [5, 5.41) is 6.51. The molecule has 2 aromatic carbocycles. The molecule has 1 saturated carbocycles. The topological polar surface area (TPSA) is 67.4 Å². The number of ether oxygens (including phenoxy) is 1. The molecule has 2 aliphatic heterocycles. The van der Waals surface area contributed by atoms with Crippen LogP contribution in [0.25, 0.3) is 0 Å². The maximum absolute atomic E-state index is 13.6. The fourth-order valence-electron chi connectivity index (χ4n) is 5.63. The van der Waals surface area contributed by atoms with Crippen LogP contribution in [0.15, 0.2) is 42.5 Å².